The number of pyridine rings is 1. The maximum absolute atomic E-state index is 13.5. The third kappa shape index (κ3) is 4.40. The van der Waals surface area contributed by atoms with Crippen molar-refractivity contribution in [1.29, 1.82) is 0 Å². The lowest BCUT2D eigenvalue weighted by Gasteiger charge is -2.35. The van der Waals surface area contributed by atoms with Crippen LogP contribution in [-0.4, -0.2) is 24.1 Å². The number of aromatic nitrogens is 1. The van der Waals surface area contributed by atoms with E-state index in [0.717, 1.165) is 17.3 Å². The zero-order valence-corrected chi connectivity index (χ0v) is 13.7. The molecule has 0 spiro atoms. The summed E-state index contributed by atoms with van der Waals surface area (Å²) in [5.41, 5.74) is 0.949. The summed E-state index contributed by atoms with van der Waals surface area (Å²) in [4.78, 5) is 6.62. The minimum Gasteiger partial charge on any atom is -0.356 e. The largest absolute Gasteiger partial charge is 0.356 e. The molecule has 0 aliphatic heterocycles. The predicted molar refractivity (Wildman–Crippen MR) is 86.0 cm³/mol. The number of anilines is 1. The van der Waals surface area contributed by atoms with E-state index in [2.05, 4.69) is 43.0 Å². The monoisotopic (exact) mass is 293 g/mol. The van der Waals surface area contributed by atoms with Crippen molar-refractivity contribution < 1.29 is 4.39 Å². The molecule has 1 aliphatic carbocycles. The molecule has 1 N–H and O–H groups in total. The standard InChI is InChI=1S/C17H28FN3/c1-12(2)19-10-14-9-15(18)11-20-17(14)21(4)16-7-5-6-13(3)8-16/h9,11-13,16,19H,5-8,10H2,1-4H3. The molecule has 2 atom stereocenters. The summed E-state index contributed by atoms with van der Waals surface area (Å²) < 4.78 is 13.5. The van der Waals surface area contributed by atoms with Crippen molar-refractivity contribution in [3.8, 4) is 0 Å². The lowest BCUT2D eigenvalue weighted by atomic mass is 9.86. The van der Waals surface area contributed by atoms with Crippen LogP contribution in [0, 0.1) is 11.7 Å². The third-order valence-corrected chi connectivity index (χ3v) is 4.40. The van der Waals surface area contributed by atoms with E-state index >= 15 is 0 Å². The van der Waals surface area contributed by atoms with Gasteiger partial charge in [-0.1, -0.05) is 33.6 Å². The minimum absolute atomic E-state index is 0.260. The number of hydrogen-bond acceptors (Lipinski definition) is 3. The molecule has 2 rings (SSSR count). The van der Waals surface area contributed by atoms with Crippen LogP contribution in [0.25, 0.3) is 0 Å². The van der Waals surface area contributed by atoms with Crippen molar-refractivity contribution in [1.82, 2.24) is 10.3 Å². The Balaban J connectivity index is 2.16. The van der Waals surface area contributed by atoms with Gasteiger partial charge in [-0.05, 0) is 24.8 Å². The SMILES string of the molecule is CC1CCCC(N(C)c2ncc(F)cc2CNC(C)C)C1. The molecule has 0 saturated heterocycles. The van der Waals surface area contributed by atoms with Crippen LogP contribution in [0.2, 0.25) is 0 Å². The molecule has 1 aliphatic rings. The van der Waals surface area contributed by atoms with E-state index < -0.39 is 0 Å². The molecule has 2 unspecified atom stereocenters. The minimum atomic E-state index is -0.260. The molecule has 3 nitrogen and oxygen atoms in total. The Bertz CT molecular complexity index is 461. The molecule has 0 amide bonds. The zero-order valence-electron chi connectivity index (χ0n) is 13.7. The van der Waals surface area contributed by atoms with Gasteiger partial charge < -0.3 is 10.2 Å². The molecule has 118 valence electrons. The molecule has 0 aromatic carbocycles. The average Bonchev–Trinajstić information content (AvgIpc) is 2.44. The molecular formula is C17H28FN3. The van der Waals surface area contributed by atoms with Gasteiger partial charge in [-0.2, -0.15) is 0 Å². The normalized spacial score (nSPS) is 22.6. The van der Waals surface area contributed by atoms with Crippen LogP contribution >= 0.6 is 0 Å². The van der Waals surface area contributed by atoms with E-state index in [-0.39, 0.29) is 5.82 Å². The van der Waals surface area contributed by atoms with Crippen LogP contribution < -0.4 is 10.2 Å². The predicted octanol–water partition coefficient (Wildman–Crippen LogP) is 3.73. The fourth-order valence-electron chi connectivity index (χ4n) is 3.16. The average molecular weight is 293 g/mol. The molecular weight excluding hydrogens is 265 g/mol. The Hall–Kier alpha value is -1.16. The summed E-state index contributed by atoms with van der Waals surface area (Å²) in [6, 6.07) is 2.51. The number of halogens is 1. The number of nitrogens with one attached hydrogen (secondary N) is 1. The van der Waals surface area contributed by atoms with E-state index in [1.54, 1.807) is 6.07 Å². The summed E-state index contributed by atoms with van der Waals surface area (Å²) in [7, 11) is 2.10. The highest BCUT2D eigenvalue weighted by Gasteiger charge is 2.24. The van der Waals surface area contributed by atoms with Gasteiger partial charge in [0.1, 0.15) is 11.6 Å². The van der Waals surface area contributed by atoms with E-state index in [1.807, 2.05) is 0 Å². The smallest absolute Gasteiger partial charge is 0.141 e. The van der Waals surface area contributed by atoms with Crippen LogP contribution in [-0.2, 0) is 6.54 Å². The first-order valence-electron chi connectivity index (χ1n) is 8.08. The van der Waals surface area contributed by atoms with Gasteiger partial charge in [-0.25, -0.2) is 9.37 Å². The molecule has 0 radical (unpaired) electrons. The van der Waals surface area contributed by atoms with Gasteiger partial charge >= 0.3 is 0 Å². The Kier molecular flexibility index (Phi) is 5.57. The molecule has 0 bridgehead atoms. The first kappa shape index (κ1) is 16.2. The summed E-state index contributed by atoms with van der Waals surface area (Å²) in [6.07, 6.45) is 6.33. The van der Waals surface area contributed by atoms with Gasteiger partial charge in [0.2, 0.25) is 0 Å². The van der Waals surface area contributed by atoms with Crippen molar-refractivity contribution in [2.75, 3.05) is 11.9 Å². The number of nitrogens with zero attached hydrogens (tertiary/aromatic N) is 2. The quantitative estimate of drug-likeness (QED) is 0.896. The number of hydrogen-bond donors (Lipinski definition) is 1. The maximum Gasteiger partial charge on any atom is 0.141 e. The second-order valence-electron chi connectivity index (χ2n) is 6.71. The van der Waals surface area contributed by atoms with Crippen molar-refractivity contribution in [3.05, 3.63) is 23.6 Å². The fourth-order valence-corrected chi connectivity index (χ4v) is 3.16. The van der Waals surface area contributed by atoms with Gasteiger partial charge in [0.05, 0.1) is 6.20 Å². The lowest BCUT2D eigenvalue weighted by Crippen LogP contribution is -2.37. The summed E-state index contributed by atoms with van der Waals surface area (Å²) >= 11 is 0. The van der Waals surface area contributed by atoms with Gasteiger partial charge in [0, 0.05) is 31.2 Å². The highest BCUT2D eigenvalue weighted by molar-refractivity contribution is 5.47. The summed E-state index contributed by atoms with van der Waals surface area (Å²) in [6.45, 7) is 7.17. The summed E-state index contributed by atoms with van der Waals surface area (Å²) in [5, 5.41) is 3.36. The lowest BCUT2D eigenvalue weighted by molar-refractivity contribution is 0.335. The van der Waals surface area contributed by atoms with E-state index in [4.69, 9.17) is 0 Å². The van der Waals surface area contributed by atoms with Gasteiger partial charge in [0.15, 0.2) is 0 Å². The van der Waals surface area contributed by atoms with Crippen LogP contribution in [0.3, 0.4) is 0 Å². The second-order valence-corrected chi connectivity index (χ2v) is 6.71. The van der Waals surface area contributed by atoms with Gasteiger partial charge in [-0.3, -0.25) is 0 Å². The number of rotatable bonds is 5. The fraction of sp³-hybridized carbons (Fsp3) is 0.706. The third-order valence-electron chi connectivity index (χ3n) is 4.40. The molecule has 21 heavy (non-hydrogen) atoms. The Morgan fingerprint density at radius 3 is 2.86 bits per heavy atom. The highest BCUT2D eigenvalue weighted by atomic mass is 19.1. The van der Waals surface area contributed by atoms with E-state index in [1.165, 1.54) is 31.9 Å². The van der Waals surface area contributed by atoms with Crippen LogP contribution in [0.1, 0.15) is 52.0 Å². The highest BCUT2D eigenvalue weighted by Crippen LogP contribution is 2.30. The molecule has 1 aromatic rings. The van der Waals surface area contributed by atoms with Crippen LogP contribution in [0.15, 0.2) is 12.3 Å². The Labute approximate surface area is 127 Å². The van der Waals surface area contributed by atoms with Crippen molar-refractivity contribution >= 4 is 5.82 Å². The van der Waals surface area contributed by atoms with E-state index in [0.29, 0.717) is 18.6 Å². The maximum atomic E-state index is 13.5. The Morgan fingerprint density at radius 1 is 1.43 bits per heavy atom. The van der Waals surface area contributed by atoms with Crippen LogP contribution in [0.4, 0.5) is 10.2 Å². The molecule has 4 heteroatoms. The summed E-state index contributed by atoms with van der Waals surface area (Å²) in [5.74, 6) is 1.43. The first-order valence-corrected chi connectivity index (χ1v) is 8.08. The molecule has 1 aromatic heterocycles. The van der Waals surface area contributed by atoms with Gasteiger partial charge in [-0.15, -0.1) is 0 Å². The van der Waals surface area contributed by atoms with Crippen molar-refractivity contribution in [2.24, 2.45) is 5.92 Å². The van der Waals surface area contributed by atoms with Gasteiger partial charge in [0.25, 0.3) is 0 Å². The Morgan fingerprint density at radius 2 is 2.19 bits per heavy atom. The molecule has 1 heterocycles. The molecule has 1 fully saturated rings. The second kappa shape index (κ2) is 7.21. The van der Waals surface area contributed by atoms with Crippen LogP contribution in [0.5, 0.6) is 0 Å². The zero-order chi connectivity index (χ0) is 15.4. The molecule has 1 saturated carbocycles. The topological polar surface area (TPSA) is 28.2 Å². The van der Waals surface area contributed by atoms with Crippen molar-refractivity contribution in [3.63, 3.8) is 0 Å². The van der Waals surface area contributed by atoms with E-state index in [9.17, 15) is 4.39 Å². The van der Waals surface area contributed by atoms with Crippen molar-refractivity contribution in [2.45, 2.75) is 65.1 Å². The first-order chi connectivity index (χ1) is 9.97.